The molecule has 3 aromatic rings. The van der Waals surface area contributed by atoms with E-state index < -0.39 is 0 Å². The van der Waals surface area contributed by atoms with Gasteiger partial charge in [-0.2, -0.15) is 0 Å². The van der Waals surface area contributed by atoms with Crippen molar-refractivity contribution in [1.82, 2.24) is 10.1 Å². The van der Waals surface area contributed by atoms with Crippen molar-refractivity contribution in [3.8, 4) is 5.75 Å². The van der Waals surface area contributed by atoms with Crippen molar-refractivity contribution in [2.45, 2.75) is 26.7 Å². The number of aryl methyl sites for hydroxylation is 2. The van der Waals surface area contributed by atoms with Crippen LogP contribution in [0.15, 0.2) is 35.0 Å². The van der Waals surface area contributed by atoms with Gasteiger partial charge in [0.05, 0.1) is 24.0 Å². The van der Waals surface area contributed by atoms with Gasteiger partial charge in [-0.25, -0.2) is 0 Å². The Balaban J connectivity index is 1.78. The van der Waals surface area contributed by atoms with Crippen molar-refractivity contribution in [2.24, 2.45) is 0 Å². The van der Waals surface area contributed by atoms with Gasteiger partial charge in [0.1, 0.15) is 11.5 Å². The minimum Gasteiger partial charge on any atom is -0.497 e. The first-order valence-electron chi connectivity index (χ1n) is 7.73. The zero-order chi connectivity index (χ0) is 17.1. The second kappa shape index (κ2) is 6.70. The van der Waals surface area contributed by atoms with E-state index in [0.717, 1.165) is 27.9 Å². The van der Waals surface area contributed by atoms with E-state index in [2.05, 4.69) is 15.5 Å². The van der Waals surface area contributed by atoms with Gasteiger partial charge in [-0.1, -0.05) is 11.2 Å². The van der Waals surface area contributed by atoms with Crippen molar-refractivity contribution in [1.29, 1.82) is 0 Å². The normalized spacial score (nSPS) is 10.8. The summed E-state index contributed by atoms with van der Waals surface area (Å²) < 4.78 is 10.4. The quantitative estimate of drug-likeness (QED) is 0.778. The minimum absolute atomic E-state index is 0.0878. The molecule has 1 amide bonds. The fraction of sp³-hybridized carbons (Fsp3) is 0.278. The number of ether oxygens (including phenoxy) is 1. The zero-order valence-corrected chi connectivity index (χ0v) is 13.9. The van der Waals surface area contributed by atoms with E-state index in [0.29, 0.717) is 24.3 Å². The van der Waals surface area contributed by atoms with Crippen LogP contribution in [0.25, 0.3) is 10.9 Å². The Bertz CT molecular complexity index is 867. The average Bonchev–Trinajstić information content (AvgIpc) is 2.91. The first kappa shape index (κ1) is 16.0. The number of hydrogen-bond donors (Lipinski definition) is 1. The number of fused-ring (bicyclic) bond motifs is 1. The Hall–Kier alpha value is -2.89. The topological polar surface area (TPSA) is 77.2 Å². The second-order valence-electron chi connectivity index (χ2n) is 5.60. The fourth-order valence-corrected chi connectivity index (χ4v) is 2.69. The van der Waals surface area contributed by atoms with Crippen LogP contribution in [0.5, 0.6) is 5.75 Å². The first-order chi connectivity index (χ1) is 11.6. The second-order valence-corrected chi connectivity index (χ2v) is 5.60. The number of benzene rings is 1. The molecular weight excluding hydrogens is 306 g/mol. The van der Waals surface area contributed by atoms with E-state index in [1.54, 1.807) is 19.4 Å². The highest BCUT2D eigenvalue weighted by Crippen LogP contribution is 2.28. The standard InChI is InChI=1S/C18H19N3O3/c1-11-15(12(2)24-21-11)6-7-17(22)20-16-10-14(23-3)9-13-5-4-8-19-18(13)16/h4-5,8-10H,6-7H2,1-3H3,(H,20,22). The number of nitrogens with zero attached hydrogens (tertiary/aromatic N) is 2. The number of methoxy groups -OCH3 is 1. The maximum atomic E-state index is 12.3. The molecule has 2 aromatic heterocycles. The smallest absolute Gasteiger partial charge is 0.224 e. The molecule has 0 spiro atoms. The van der Waals surface area contributed by atoms with Gasteiger partial charge in [0.15, 0.2) is 0 Å². The van der Waals surface area contributed by atoms with Crippen LogP contribution >= 0.6 is 0 Å². The number of hydrogen-bond acceptors (Lipinski definition) is 5. The number of carbonyl (C=O) groups excluding carboxylic acids is 1. The lowest BCUT2D eigenvalue weighted by molar-refractivity contribution is -0.116. The highest BCUT2D eigenvalue weighted by molar-refractivity contribution is 6.01. The number of rotatable bonds is 5. The van der Waals surface area contributed by atoms with E-state index in [1.165, 1.54) is 0 Å². The molecule has 0 saturated heterocycles. The molecule has 0 aliphatic rings. The largest absolute Gasteiger partial charge is 0.497 e. The van der Waals surface area contributed by atoms with Crippen molar-refractivity contribution < 1.29 is 14.1 Å². The lowest BCUT2D eigenvalue weighted by atomic mass is 10.1. The molecule has 0 aliphatic carbocycles. The van der Waals surface area contributed by atoms with E-state index in [-0.39, 0.29) is 5.91 Å². The molecule has 0 atom stereocenters. The fourth-order valence-electron chi connectivity index (χ4n) is 2.69. The predicted molar refractivity (Wildman–Crippen MR) is 91.2 cm³/mol. The SMILES string of the molecule is COc1cc(NC(=O)CCc2c(C)noc2C)c2ncccc2c1. The van der Waals surface area contributed by atoms with E-state index in [1.807, 2.05) is 32.0 Å². The number of amides is 1. The number of anilines is 1. The van der Waals surface area contributed by atoms with Crippen molar-refractivity contribution in [3.63, 3.8) is 0 Å². The lowest BCUT2D eigenvalue weighted by Gasteiger charge is -2.10. The van der Waals surface area contributed by atoms with Crippen LogP contribution in [0.2, 0.25) is 0 Å². The minimum atomic E-state index is -0.0878. The van der Waals surface area contributed by atoms with Crippen LogP contribution in [0.1, 0.15) is 23.4 Å². The molecule has 124 valence electrons. The molecule has 3 rings (SSSR count). The summed E-state index contributed by atoms with van der Waals surface area (Å²) in [5.74, 6) is 1.35. The summed E-state index contributed by atoms with van der Waals surface area (Å²) in [7, 11) is 1.60. The molecule has 24 heavy (non-hydrogen) atoms. The maximum absolute atomic E-state index is 12.3. The summed E-state index contributed by atoms with van der Waals surface area (Å²) in [4.78, 5) is 16.7. The molecule has 0 bridgehead atoms. The summed E-state index contributed by atoms with van der Waals surface area (Å²) in [5, 5.41) is 7.75. The van der Waals surface area contributed by atoms with Gasteiger partial charge in [-0.05, 0) is 32.4 Å². The highest BCUT2D eigenvalue weighted by atomic mass is 16.5. The van der Waals surface area contributed by atoms with Crippen LogP contribution in [-0.2, 0) is 11.2 Å². The van der Waals surface area contributed by atoms with Gasteiger partial charge in [0.2, 0.25) is 5.91 Å². The first-order valence-corrected chi connectivity index (χ1v) is 7.73. The summed E-state index contributed by atoms with van der Waals surface area (Å²) in [6, 6.07) is 7.46. The monoisotopic (exact) mass is 325 g/mol. The van der Waals surface area contributed by atoms with Crippen LogP contribution in [0.4, 0.5) is 5.69 Å². The third kappa shape index (κ3) is 3.22. The number of pyridine rings is 1. The van der Waals surface area contributed by atoms with Gasteiger partial charge < -0.3 is 14.6 Å². The van der Waals surface area contributed by atoms with E-state index in [4.69, 9.17) is 9.26 Å². The van der Waals surface area contributed by atoms with Crippen LogP contribution < -0.4 is 10.1 Å². The van der Waals surface area contributed by atoms with Crippen molar-refractivity contribution in [2.75, 3.05) is 12.4 Å². The number of nitrogens with one attached hydrogen (secondary N) is 1. The van der Waals surface area contributed by atoms with Gasteiger partial charge in [-0.3, -0.25) is 9.78 Å². The summed E-state index contributed by atoms with van der Waals surface area (Å²) in [6.07, 6.45) is 2.63. The Labute approximate surface area is 139 Å². The highest BCUT2D eigenvalue weighted by Gasteiger charge is 2.13. The molecule has 0 aliphatic heterocycles. The zero-order valence-electron chi connectivity index (χ0n) is 13.9. The van der Waals surface area contributed by atoms with Crippen LogP contribution in [0, 0.1) is 13.8 Å². The molecule has 0 radical (unpaired) electrons. The molecule has 0 unspecified atom stereocenters. The summed E-state index contributed by atoms with van der Waals surface area (Å²) in [5.41, 5.74) is 3.20. The summed E-state index contributed by atoms with van der Waals surface area (Å²) >= 11 is 0. The third-order valence-electron chi connectivity index (χ3n) is 3.97. The van der Waals surface area contributed by atoms with E-state index >= 15 is 0 Å². The average molecular weight is 325 g/mol. The van der Waals surface area contributed by atoms with Gasteiger partial charge >= 0.3 is 0 Å². The number of aromatic nitrogens is 2. The lowest BCUT2D eigenvalue weighted by Crippen LogP contribution is -2.13. The third-order valence-corrected chi connectivity index (χ3v) is 3.97. The molecule has 0 saturated carbocycles. The Morgan fingerprint density at radius 2 is 2.17 bits per heavy atom. The van der Waals surface area contributed by atoms with Crippen LogP contribution in [0.3, 0.4) is 0 Å². The maximum Gasteiger partial charge on any atom is 0.224 e. The molecule has 6 nitrogen and oxygen atoms in total. The molecule has 1 N–H and O–H groups in total. The number of carbonyl (C=O) groups is 1. The molecule has 0 fully saturated rings. The Kier molecular flexibility index (Phi) is 4.46. The predicted octanol–water partition coefficient (Wildman–Crippen LogP) is 3.42. The van der Waals surface area contributed by atoms with Crippen molar-refractivity contribution in [3.05, 3.63) is 47.5 Å². The molecular formula is C18H19N3O3. The van der Waals surface area contributed by atoms with Gasteiger partial charge in [0.25, 0.3) is 0 Å². The summed E-state index contributed by atoms with van der Waals surface area (Å²) in [6.45, 7) is 3.73. The Morgan fingerprint density at radius 3 is 2.88 bits per heavy atom. The molecule has 6 heteroatoms. The molecule has 1 aromatic carbocycles. The Morgan fingerprint density at radius 1 is 1.33 bits per heavy atom. The van der Waals surface area contributed by atoms with Crippen LogP contribution in [-0.4, -0.2) is 23.2 Å². The van der Waals surface area contributed by atoms with Gasteiger partial charge in [-0.15, -0.1) is 0 Å². The molecule has 2 heterocycles. The van der Waals surface area contributed by atoms with Gasteiger partial charge in [0, 0.05) is 29.6 Å². The van der Waals surface area contributed by atoms with Crippen molar-refractivity contribution >= 4 is 22.5 Å². The van der Waals surface area contributed by atoms with E-state index in [9.17, 15) is 4.79 Å².